The Hall–Kier alpha value is -1.46. The standard InChI is InChI=1S/C20H32O5/c1-2-3-8-16(22)11-12-17-15(14-21)13-19(23)18(17)9-6-4-5-7-10-20(24)25/h2-3,11-12,15-18,21-22H,4-10,13-14H2,1H3,(H,24,25)/b3-2-,12-11+. The van der Waals surface area contributed by atoms with Crippen LogP contribution in [0.4, 0.5) is 0 Å². The van der Waals surface area contributed by atoms with Gasteiger partial charge in [0.05, 0.1) is 6.10 Å². The predicted molar refractivity (Wildman–Crippen MR) is 97.1 cm³/mol. The molecule has 0 aromatic heterocycles. The molecule has 1 rings (SSSR count). The fraction of sp³-hybridized carbons (Fsp3) is 0.700. The lowest BCUT2D eigenvalue weighted by molar-refractivity contribution is -0.137. The highest BCUT2D eigenvalue weighted by atomic mass is 16.4. The van der Waals surface area contributed by atoms with Crippen LogP contribution in [0.15, 0.2) is 24.3 Å². The second-order valence-electron chi connectivity index (χ2n) is 6.90. The number of carboxylic acids is 1. The maximum Gasteiger partial charge on any atom is 0.303 e. The molecule has 142 valence electrons. The van der Waals surface area contributed by atoms with Gasteiger partial charge in [-0.3, -0.25) is 9.59 Å². The molecule has 0 heterocycles. The summed E-state index contributed by atoms with van der Waals surface area (Å²) in [5.74, 6) is -0.742. The fourth-order valence-electron chi connectivity index (χ4n) is 3.52. The molecule has 0 saturated heterocycles. The summed E-state index contributed by atoms with van der Waals surface area (Å²) >= 11 is 0. The number of hydrogen-bond acceptors (Lipinski definition) is 4. The van der Waals surface area contributed by atoms with E-state index in [1.54, 1.807) is 6.08 Å². The smallest absolute Gasteiger partial charge is 0.303 e. The molecule has 4 unspecified atom stereocenters. The molecule has 0 aliphatic heterocycles. The summed E-state index contributed by atoms with van der Waals surface area (Å²) in [6.45, 7) is 1.89. The Morgan fingerprint density at radius 3 is 2.64 bits per heavy atom. The molecule has 0 spiro atoms. The van der Waals surface area contributed by atoms with Gasteiger partial charge in [0.15, 0.2) is 0 Å². The SMILES string of the molecule is C/C=C\CC(O)/C=C/C1C(CO)CC(=O)C1CCCCCCC(=O)O. The van der Waals surface area contributed by atoms with Crippen LogP contribution in [0.5, 0.6) is 0 Å². The summed E-state index contributed by atoms with van der Waals surface area (Å²) in [7, 11) is 0. The van der Waals surface area contributed by atoms with Crippen LogP contribution in [-0.4, -0.2) is 39.8 Å². The summed E-state index contributed by atoms with van der Waals surface area (Å²) in [6.07, 6.45) is 12.1. The molecule has 1 aliphatic carbocycles. The number of rotatable bonds is 12. The number of aliphatic carboxylic acids is 1. The van der Waals surface area contributed by atoms with Crippen molar-refractivity contribution in [3.63, 3.8) is 0 Å². The van der Waals surface area contributed by atoms with Gasteiger partial charge in [-0.2, -0.15) is 0 Å². The van der Waals surface area contributed by atoms with Crippen molar-refractivity contribution in [2.45, 2.75) is 64.4 Å². The number of aliphatic hydroxyl groups excluding tert-OH is 2. The van der Waals surface area contributed by atoms with E-state index in [2.05, 4.69) is 0 Å². The van der Waals surface area contributed by atoms with Crippen LogP contribution in [0.1, 0.15) is 58.3 Å². The number of unbranched alkanes of at least 4 members (excludes halogenated alkanes) is 3. The van der Waals surface area contributed by atoms with E-state index in [-0.39, 0.29) is 36.6 Å². The Kier molecular flexibility index (Phi) is 10.3. The molecule has 0 aromatic carbocycles. The van der Waals surface area contributed by atoms with E-state index in [1.807, 2.05) is 25.2 Å². The molecule has 0 bridgehead atoms. The minimum Gasteiger partial charge on any atom is -0.481 e. The Balaban J connectivity index is 2.51. The second-order valence-corrected chi connectivity index (χ2v) is 6.90. The van der Waals surface area contributed by atoms with Gasteiger partial charge in [0.25, 0.3) is 0 Å². The van der Waals surface area contributed by atoms with E-state index < -0.39 is 12.1 Å². The van der Waals surface area contributed by atoms with Gasteiger partial charge in [-0.15, -0.1) is 0 Å². The van der Waals surface area contributed by atoms with Crippen LogP contribution in [0.3, 0.4) is 0 Å². The van der Waals surface area contributed by atoms with Gasteiger partial charge in [-0.05, 0) is 38.0 Å². The van der Waals surface area contributed by atoms with Crippen molar-refractivity contribution in [1.29, 1.82) is 0 Å². The number of carbonyl (C=O) groups excluding carboxylic acids is 1. The molecular weight excluding hydrogens is 320 g/mol. The van der Waals surface area contributed by atoms with Crippen LogP contribution < -0.4 is 0 Å². The van der Waals surface area contributed by atoms with Crippen LogP contribution in [0.25, 0.3) is 0 Å². The van der Waals surface area contributed by atoms with E-state index in [0.29, 0.717) is 19.3 Å². The normalized spacial score (nSPS) is 25.2. The molecule has 4 atom stereocenters. The first-order valence-electron chi connectivity index (χ1n) is 9.32. The van der Waals surface area contributed by atoms with Crippen molar-refractivity contribution >= 4 is 11.8 Å². The van der Waals surface area contributed by atoms with Gasteiger partial charge in [0.2, 0.25) is 0 Å². The Labute approximate surface area is 150 Å². The van der Waals surface area contributed by atoms with Crippen molar-refractivity contribution in [2.24, 2.45) is 17.8 Å². The van der Waals surface area contributed by atoms with E-state index >= 15 is 0 Å². The third-order valence-electron chi connectivity index (χ3n) is 4.94. The topological polar surface area (TPSA) is 94.8 Å². The van der Waals surface area contributed by atoms with E-state index in [9.17, 15) is 19.8 Å². The van der Waals surface area contributed by atoms with Crippen molar-refractivity contribution in [2.75, 3.05) is 6.61 Å². The fourth-order valence-corrected chi connectivity index (χ4v) is 3.52. The zero-order valence-electron chi connectivity index (χ0n) is 15.1. The van der Waals surface area contributed by atoms with E-state index in [1.165, 1.54) is 0 Å². The van der Waals surface area contributed by atoms with Gasteiger partial charge in [-0.1, -0.05) is 43.6 Å². The second kappa shape index (κ2) is 12.0. The Bertz CT molecular complexity index is 469. The number of carbonyl (C=O) groups is 2. The number of hydrogen-bond donors (Lipinski definition) is 3. The average molecular weight is 352 g/mol. The van der Waals surface area contributed by atoms with Gasteiger partial charge >= 0.3 is 5.97 Å². The summed E-state index contributed by atoms with van der Waals surface area (Å²) in [6, 6.07) is 0. The first kappa shape index (κ1) is 21.6. The number of Topliss-reactive ketones (excluding diaryl/α,β-unsaturated/α-hetero) is 1. The van der Waals surface area contributed by atoms with Crippen molar-refractivity contribution in [1.82, 2.24) is 0 Å². The highest BCUT2D eigenvalue weighted by molar-refractivity contribution is 5.84. The molecule has 5 nitrogen and oxygen atoms in total. The molecule has 0 aromatic rings. The highest BCUT2D eigenvalue weighted by Crippen LogP contribution is 2.38. The van der Waals surface area contributed by atoms with E-state index in [4.69, 9.17) is 5.11 Å². The van der Waals surface area contributed by atoms with Crippen molar-refractivity contribution in [3.8, 4) is 0 Å². The predicted octanol–water partition coefficient (Wildman–Crippen LogP) is 3.11. The number of allylic oxidation sites excluding steroid dienone is 2. The zero-order valence-corrected chi connectivity index (χ0v) is 15.1. The summed E-state index contributed by atoms with van der Waals surface area (Å²) in [4.78, 5) is 22.8. The van der Waals surface area contributed by atoms with Gasteiger partial charge in [-0.25, -0.2) is 0 Å². The zero-order chi connectivity index (χ0) is 18.7. The van der Waals surface area contributed by atoms with Crippen molar-refractivity contribution in [3.05, 3.63) is 24.3 Å². The molecule has 1 fully saturated rings. The summed E-state index contributed by atoms with van der Waals surface area (Å²) in [5.41, 5.74) is 0. The van der Waals surface area contributed by atoms with Gasteiger partial charge < -0.3 is 15.3 Å². The van der Waals surface area contributed by atoms with Gasteiger partial charge in [0, 0.05) is 25.4 Å². The third kappa shape index (κ3) is 7.97. The third-order valence-corrected chi connectivity index (χ3v) is 4.94. The minimum atomic E-state index is -0.765. The lowest BCUT2D eigenvalue weighted by atomic mass is 9.85. The number of ketones is 1. The van der Waals surface area contributed by atoms with Crippen LogP contribution in [0.2, 0.25) is 0 Å². The molecule has 0 radical (unpaired) electrons. The monoisotopic (exact) mass is 352 g/mol. The van der Waals surface area contributed by atoms with Crippen LogP contribution >= 0.6 is 0 Å². The summed E-state index contributed by atoms with van der Waals surface area (Å²) < 4.78 is 0. The first-order chi connectivity index (χ1) is 12.0. The highest BCUT2D eigenvalue weighted by Gasteiger charge is 2.39. The molecule has 3 N–H and O–H groups in total. The quantitative estimate of drug-likeness (QED) is 0.370. The molecule has 1 aliphatic rings. The first-order valence-corrected chi connectivity index (χ1v) is 9.32. The number of carboxylic acid groups (broad SMARTS) is 1. The minimum absolute atomic E-state index is 0.0131. The molecule has 0 amide bonds. The Morgan fingerprint density at radius 1 is 1.28 bits per heavy atom. The van der Waals surface area contributed by atoms with Crippen molar-refractivity contribution < 1.29 is 24.9 Å². The molecule has 5 heteroatoms. The molecule has 25 heavy (non-hydrogen) atoms. The van der Waals surface area contributed by atoms with E-state index in [0.717, 1.165) is 25.7 Å². The summed E-state index contributed by atoms with van der Waals surface area (Å²) in [5, 5.41) is 28.1. The lowest BCUT2D eigenvalue weighted by Gasteiger charge is -2.20. The maximum atomic E-state index is 12.3. The largest absolute Gasteiger partial charge is 0.481 e. The maximum absolute atomic E-state index is 12.3. The Morgan fingerprint density at radius 2 is 2.00 bits per heavy atom. The van der Waals surface area contributed by atoms with Gasteiger partial charge in [0.1, 0.15) is 5.78 Å². The average Bonchev–Trinajstić information content (AvgIpc) is 2.89. The van der Waals surface area contributed by atoms with Crippen LogP contribution in [0, 0.1) is 17.8 Å². The van der Waals surface area contributed by atoms with Crippen LogP contribution in [-0.2, 0) is 9.59 Å². The lowest BCUT2D eigenvalue weighted by Crippen LogP contribution is -2.18. The molecular formula is C20H32O5. The number of aliphatic hydroxyl groups is 2. The molecule has 1 saturated carbocycles.